The van der Waals surface area contributed by atoms with Crippen LogP contribution >= 0.6 is 0 Å². The molecule has 15 heavy (non-hydrogen) atoms. The van der Waals surface area contributed by atoms with Crippen molar-refractivity contribution in [1.82, 2.24) is 5.06 Å². The molecule has 0 aromatic heterocycles. The van der Waals surface area contributed by atoms with Crippen molar-refractivity contribution in [3.05, 3.63) is 29.8 Å². The van der Waals surface area contributed by atoms with Gasteiger partial charge in [0.25, 0.3) is 5.91 Å². The Morgan fingerprint density at radius 1 is 1.47 bits per heavy atom. The predicted octanol–water partition coefficient (Wildman–Crippen LogP) is -1.00. The summed E-state index contributed by atoms with van der Waals surface area (Å²) in [5.41, 5.74) is 0.607. The van der Waals surface area contributed by atoms with Gasteiger partial charge < -0.3 is 10.0 Å². The normalized spacial score (nSPS) is 9.87. The molecule has 0 spiro atoms. The van der Waals surface area contributed by atoms with E-state index < -0.39 is 7.12 Å². The molecule has 0 fully saturated rings. The van der Waals surface area contributed by atoms with E-state index in [2.05, 4.69) is 0 Å². The van der Waals surface area contributed by atoms with Gasteiger partial charge in [-0.15, -0.1) is 0 Å². The number of benzene rings is 1. The summed E-state index contributed by atoms with van der Waals surface area (Å²) >= 11 is 0. The van der Waals surface area contributed by atoms with Crippen molar-refractivity contribution in [2.75, 3.05) is 14.2 Å². The molecule has 0 radical (unpaired) electrons. The van der Waals surface area contributed by atoms with Crippen molar-refractivity contribution < 1.29 is 19.7 Å². The summed E-state index contributed by atoms with van der Waals surface area (Å²) in [4.78, 5) is 16.3. The average Bonchev–Trinajstić information content (AvgIpc) is 2.27. The number of amides is 1. The maximum Gasteiger partial charge on any atom is 0.488 e. The second kappa shape index (κ2) is 4.93. The standard InChI is InChI=1S/C9H12BNO4/c1-11(15-2)9(12)7-4-3-5-8(6-7)10(13)14/h3-6,13-14H,1-2H3. The van der Waals surface area contributed by atoms with E-state index >= 15 is 0 Å². The lowest BCUT2D eigenvalue weighted by atomic mass is 9.79. The Hall–Kier alpha value is -1.37. The van der Waals surface area contributed by atoms with Gasteiger partial charge in [0, 0.05) is 12.6 Å². The summed E-state index contributed by atoms with van der Waals surface area (Å²) in [6, 6.07) is 6.08. The molecule has 0 aliphatic heterocycles. The molecule has 0 atom stereocenters. The lowest BCUT2D eigenvalue weighted by molar-refractivity contribution is -0.0756. The molecule has 0 aliphatic rings. The second-order valence-electron chi connectivity index (χ2n) is 2.98. The summed E-state index contributed by atoms with van der Waals surface area (Å²) in [5.74, 6) is -0.347. The van der Waals surface area contributed by atoms with Gasteiger partial charge in [0.05, 0.1) is 7.11 Å². The molecule has 0 aliphatic carbocycles. The summed E-state index contributed by atoms with van der Waals surface area (Å²) in [6.45, 7) is 0. The molecular formula is C9H12BNO4. The van der Waals surface area contributed by atoms with Gasteiger partial charge in [-0.05, 0) is 17.6 Å². The number of nitrogens with zero attached hydrogens (tertiary/aromatic N) is 1. The molecule has 0 unspecified atom stereocenters. The van der Waals surface area contributed by atoms with Crippen LogP contribution in [-0.4, -0.2) is 42.3 Å². The van der Waals surface area contributed by atoms with Crippen LogP contribution in [0.3, 0.4) is 0 Å². The Morgan fingerprint density at radius 3 is 2.67 bits per heavy atom. The Morgan fingerprint density at radius 2 is 2.13 bits per heavy atom. The van der Waals surface area contributed by atoms with Gasteiger partial charge in [-0.25, -0.2) is 5.06 Å². The van der Waals surface area contributed by atoms with Gasteiger partial charge in [-0.1, -0.05) is 12.1 Å². The molecule has 0 saturated carbocycles. The Balaban J connectivity index is 2.95. The van der Waals surface area contributed by atoms with Crippen molar-refractivity contribution in [2.45, 2.75) is 0 Å². The number of rotatable bonds is 3. The zero-order valence-corrected chi connectivity index (χ0v) is 8.54. The van der Waals surface area contributed by atoms with E-state index in [9.17, 15) is 4.79 Å². The topological polar surface area (TPSA) is 70.0 Å². The molecule has 6 heteroatoms. The zero-order chi connectivity index (χ0) is 11.4. The van der Waals surface area contributed by atoms with Gasteiger partial charge >= 0.3 is 7.12 Å². The highest BCUT2D eigenvalue weighted by Gasteiger charge is 2.15. The van der Waals surface area contributed by atoms with Gasteiger partial charge in [-0.3, -0.25) is 9.63 Å². The molecule has 1 amide bonds. The van der Waals surface area contributed by atoms with Crippen LogP contribution < -0.4 is 5.46 Å². The van der Waals surface area contributed by atoms with E-state index in [0.29, 0.717) is 5.56 Å². The quantitative estimate of drug-likeness (QED) is 0.494. The number of hydrogen-bond donors (Lipinski definition) is 2. The van der Waals surface area contributed by atoms with Crippen molar-refractivity contribution >= 4 is 18.5 Å². The first kappa shape index (κ1) is 11.7. The fourth-order valence-corrected chi connectivity index (χ4v) is 1.10. The van der Waals surface area contributed by atoms with Crippen molar-refractivity contribution in [3.8, 4) is 0 Å². The monoisotopic (exact) mass is 209 g/mol. The van der Waals surface area contributed by atoms with Crippen LogP contribution in [0.4, 0.5) is 0 Å². The highest BCUT2D eigenvalue weighted by atomic mass is 16.7. The molecule has 5 nitrogen and oxygen atoms in total. The number of carbonyl (C=O) groups excluding carboxylic acids is 1. The second-order valence-corrected chi connectivity index (χ2v) is 2.98. The van der Waals surface area contributed by atoms with E-state index in [1.165, 1.54) is 26.3 Å². The molecule has 1 aromatic rings. The maximum atomic E-state index is 11.6. The zero-order valence-electron chi connectivity index (χ0n) is 8.54. The number of hydroxylamine groups is 2. The van der Waals surface area contributed by atoms with E-state index in [0.717, 1.165) is 5.06 Å². The maximum absolute atomic E-state index is 11.6. The molecule has 80 valence electrons. The van der Waals surface area contributed by atoms with Crippen LogP contribution in [0, 0.1) is 0 Å². The summed E-state index contributed by atoms with van der Waals surface area (Å²) < 4.78 is 0. The van der Waals surface area contributed by atoms with Crippen molar-refractivity contribution in [2.24, 2.45) is 0 Å². The van der Waals surface area contributed by atoms with Crippen LogP contribution in [0.25, 0.3) is 0 Å². The molecule has 0 bridgehead atoms. The largest absolute Gasteiger partial charge is 0.488 e. The third-order valence-corrected chi connectivity index (χ3v) is 1.99. The minimum Gasteiger partial charge on any atom is -0.423 e. The Kier molecular flexibility index (Phi) is 3.84. The fraction of sp³-hybridized carbons (Fsp3) is 0.222. The third-order valence-electron chi connectivity index (χ3n) is 1.99. The lowest BCUT2D eigenvalue weighted by Gasteiger charge is -2.13. The summed E-state index contributed by atoms with van der Waals surface area (Å²) in [7, 11) is 1.28. The third kappa shape index (κ3) is 2.79. The molecule has 0 heterocycles. The SMILES string of the molecule is CON(C)C(=O)c1cccc(B(O)O)c1. The van der Waals surface area contributed by atoms with Crippen LogP contribution in [0.1, 0.15) is 10.4 Å². The fourth-order valence-electron chi connectivity index (χ4n) is 1.10. The van der Waals surface area contributed by atoms with Crippen LogP contribution in [0.2, 0.25) is 0 Å². The van der Waals surface area contributed by atoms with Gasteiger partial charge in [0.2, 0.25) is 0 Å². The summed E-state index contributed by atoms with van der Waals surface area (Å²) in [5, 5.41) is 18.9. The first-order chi connectivity index (χ1) is 7.06. The van der Waals surface area contributed by atoms with E-state index in [-0.39, 0.29) is 11.4 Å². The van der Waals surface area contributed by atoms with Crippen LogP contribution in [0.5, 0.6) is 0 Å². The average molecular weight is 209 g/mol. The summed E-state index contributed by atoms with van der Waals surface area (Å²) in [6.07, 6.45) is 0. The molecule has 1 aromatic carbocycles. The smallest absolute Gasteiger partial charge is 0.423 e. The van der Waals surface area contributed by atoms with E-state index in [1.807, 2.05) is 0 Å². The molecular weight excluding hydrogens is 197 g/mol. The van der Waals surface area contributed by atoms with Crippen molar-refractivity contribution in [1.29, 1.82) is 0 Å². The van der Waals surface area contributed by atoms with Gasteiger partial charge in [0.1, 0.15) is 0 Å². The minimum absolute atomic E-state index is 0.269. The molecule has 1 rings (SSSR count). The van der Waals surface area contributed by atoms with Gasteiger partial charge in [-0.2, -0.15) is 0 Å². The van der Waals surface area contributed by atoms with Crippen molar-refractivity contribution in [3.63, 3.8) is 0 Å². The number of carbonyl (C=O) groups is 1. The van der Waals surface area contributed by atoms with E-state index in [4.69, 9.17) is 14.9 Å². The Labute approximate surface area is 88.0 Å². The van der Waals surface area contributed by atoms with Gasteiger partial charge in [0.15, 0.2) is 0 Å². The Bertz CT molecular complexity index is 356. The minimum atomic E-state index is -1.58. The first-order valence-electron chi connectivity index (χ1n) is 4.34. The predicted molar refractivity (Wildman–Crippen MR) is 55.4 cm³/mol. The van der Waals surface area contributed by atoms with E-state index in [1.54, 1.807) is 12.1 Å². The van der Waals surface area contributed by atoms with Crippen LogP contribution in [0.15, 0.2) is 24.3 Å². The van der Waals surface area contributed by atoms with Crippen LogP contribution in [-0.2, 0) is 4.84 Å². The number of hydrogen-bond acceptors (Lipinski definition) is 4. The highest BCUT2D eigenvalue weighted by molar-refractivity contribution is 6.58. The first-order valence-corrected chi connectivity index (χ1v) is 4.34. The lowest BCUT2D eigenvalue weighted by Crippen LogP contribution is -2.32. The molecule has 0 saturated heterocycles. The molecule has 2 N–H and O–H groups in total. The highest BCUT2D eigenvalue weighted by Crippen LogP contribution is 2.01.